The summed E-state index contributed by atoms with van der Waals surface area (Å²) in [6.07, 6.45) is 0.833. The number of hydrogen-bond acceptors (Lipinski definition) is 3. The van der Waals surface area contributed by atoms with Crippen LogP contribution >= 0.6 is 0 Å². The van der Waals surface area contributed by atoms with E-state index < -0.39 is 5.97 Å². The number of benzene rings is 1. The SMILES string of the molecule is COC1COc2cc(C(=O)O)ccc2C1. The standard InChI is InChI=1S/C11H12O4/c1-14-9-4-7-2-3-8(11(12)13)5-10(7)15-6-9/h2-3,5,9H,4,6H2,1H3,(H,12,13). The van der Waals surface area contributed by atoms with Gasteiger partial charge in [-0.2, -0.15) is 0 Å². The Morgan fingerprint density at radius 3 is 3.07 bits per heavy atom. The molecule has 1 N–H and O–H groups in total. The van der Waals surface area contributed by atoms with Crippen molar-refractivity contribution < 1.29 is 19.4 Å². The van der Waals surface area contributed by atoms with E-state index in [1.807, 2.05) is 0 Å². The van der Waals surface area contributed by atoms with Crippen LogP contribution in [0.2, 0.25) is 0 Å². The Morgan fingerprint density at radius 2 is 2.40 bits per heavy atom. The summed E-state index contributed by atoms with van der Waals surface area (Å²) >= 11 is 0. The highest BCUT2D eigenvalue weighted by atomic mass is 16.5. The molecule has 4 heteroatoms. The second-order valence-corrected chi connectivity index (χ2v) is 3.50. The highest BCUT2D eigenvalue weighted by Crippen LogP contribution is 2.26. The number of methoxy groups -OCH3 is 1. The van der Waals surface area contributed by atoms with E-state index in [0.29, 0.717) is 12.4 Å². The Balaban J connectivity index is 2.28. The molecule has 4 nitrogen and oxygen atoms in total. The third-order valence-corrected chi connectivity index (χ3v) is 2.52. The van der Waals surface area contributed by atoms with Crippen molar-refractivity contribution in [3.63, 3.8) is 0 Å². The van der Waals surface area contributed by atoms with Crippen LogP contribution in [0.25, 0.3) is 0 Å². The Hall–Kier alpha value is -1.55. The van der Waals surface area contributed by atoms with E-state index in [9.17, 15) is 4.79 Å². The number of carbonyl (C=O) groups is 1. The number of hydrogen-bond donors (Lipinski definition) is 1. The van der Waals surface area contributed by atoms with E-state index in [4.69, 9.17) is 14.6 Å². The van der Waals surface area contributed by atoms with E-state index in [-0.39, 0.29) is 11.7 Å². The molecule has 2 rings (SSSR count). The minimum absolute atomic E-state index is 0.0631. The normalized spacial score (nSPS) is 19.1. The van der Waals surface area contributed by atoms with Crippen molar-refractivity contribution in [2.45, 2.75) is 12.5 Å². The zero-order valence-corrected chi connectivity index (χ0v) is 8.40. The predicted molar refractivity (Wildman–Crippen MR) is 53.4 cm³/mol. The summed E-state index contributed by atoms with van der Waals surface area (Å²) in [5, 5.41) is 8.80. The Bertz CT molecular complexity index is 386. The quantitative estimate of drug-likeness (QED) is 0.796. The first kappa shape index (κ1) is 9.98. The largest absolute Gasteiger partial charge is 0.491 e. The number of carboxylic acid groups (broad SMARTS) is 1. The van der Waals surface area contributed by atoms with Crippen LogP contribution < -0.4 is 4.74 Å². The monoisotopic (exact) mass is 208 g/mol. The maximum Gasteiger partial charge on any atom is 0.335 e. The molecule has 15 heavy (non-hydrogen) atoms. The van der Waals surface area contributed by atoms with Gasteiger partial charge < -0.3 is 14.6 Å². The highest BCUT2D eigenvalue weighted by Gasteiger charge is 2.20. The average molecular weight is 208 g/mol. The van der Waals surface area contributed by atoms with Gasteiger partial charge in [0.05, 0.1) is 11.7 Å². The molecule has 0 saturated carbocycles. The molecule has 0 fully saturated rings. The van der Waals surface area contributed by atoms with Crippen molar-refractivity contribution in [1.29, 1.82) is 0 Å². The van der Waals surface area contributed by atoms with Gasteiger partial charge in [0.15, 0.2) is 0 Å². The summed E-state index contributed by atoms with van der Waals surface area (Å²) in [5.74, 6) is -0.279. The second-order valence-electron chi connectivity index (χ2n) is 3.50. The smallest absolute Gasteiger partial charge is 0.335 e. The van der Waals surface area contributed by atoms with Crippen molar-refractivity contribution in [2.24, 2.45) is 0 Å². The molecule has 0 saturated heterocycles. The van der Waals surface area contributed by atoms with Gasteiger partial charge >= 0.3 is 5.97 Å². The van der Waals surface area contributed by atoms with Crippen LogP contribution in [-0.4, -0.2) is 30.9 Å². The summed E-state index contributed by atoms with van der Waals surface area (Å²) in [6.45, 7) is 0.479. The van der Waals surface area contributed by atoms with E-state index >= 15 is 0 Å². The molecule has 0 aromatic heterocycles. The fourth-order valence-corrected chi connectivity index (χ4v) is 1.63. The van der Waals surface area contributed by atoms with Gasteiger partial charge in [-0.25, -0.2) is 4.79 Å². The Morgan fingerprint density at radius 1 is 1.60 bits per heavy atom. The van der Waals surface area contributed by atoms with Crippen LogP contribution in [-0.2, 0) is 11.2 Å². The van der Waals surface area contributed by atoms with Crippen LogP contribution in [0.15, 0.2) is 18.2 Å². The number of aromatic carboxylic acids is 1. The summed E-state index contributed by atoms with van der Waals surface area (Å²) in [4.78, 5) is 10.7. The molecule has 0 radical (unpaired) electrons. The molecule has 1 aliphatic heterocycles. The highest BCUT2D eigenvalue weighted by molar-refractivity contribution is 5.88. The fraction of sp³-hybridized carbons (Fsp3) is 0.364. The molecular weight excluding hydrogens is 196 g/mol. The molecule has 0 aliphatic carbocycles. The van der Waals surface area contributed by atoms with Crippen molar-refractivity contribution in [3.8, 4) is 5.75 Å². The molecule has 0 amide bonds. The predicted octanol–water partition coefficient (Wildman–Crippen LogP) is 1.33. The molecule has 1 aromatic rings. The lowest BCUT2D eigenvalue weighted by Gasteiger charge is -2.24. The molecular formula is C11H12O4. The first-order valence-corrected chi connectivity index (χ1v) is 4.72. The fourth-order valence-electron chi connectivity index (χ4n) is 1.63. The first-order valence-electron chi connectivity index (χ1n) is 4.72. The topological polar surface area (TPSA) is 55.8 Å². The Kier molecular flexibility index (Phi) is 2.60. The molecule has 1 unspecified atom stereocenters. The third kappa shape index (κ3) is 1.94. The molecule has 0 bridgehead atoms. The van der Waals surface area contributed by atoms with Gasteiger partial charge in [-0.1, -0.05) is 6.07 Å². The van der Waals surface area contributed by atoms with Crippen molar-refractivity contribution in [1.82, 2.24) is 0 Å². The number of carboxylic acids is 1. The van der Waals surface area contributed by atoms with Gasteiger partial charge in [-0.05, 0) is 17.7 Å². The van der Waals surface area contributed by atoms with Crippen LogP contribution in [0, 0.1) is 0 Å². The molecule has 1 atom stereocenters. The molecule has 0 spiro atoms. The van der Waals surface area contributed by atoms with Gasteiger partial charge in [-0.3, -0.25) is 0 Å². The van der Waals surface area contributed by atoms with E-state index in [0.717, 1.165) is 12.0 Å². The van der Waals surface area contributed by atoms with Crippen molar-refractivity contribution in [2.75, 3.05) is 13.7 Å². The van der Waals surface area contributed by atoms with Crippen molar-refractivity contribution >= 4 is 5.97 Å². The van der Waals surface area contributed by atoms with Crippen LogP contribution in [0.1, 0.15) is 15.9 Å². The third-order valence-electron chi connectivity index (χ3n) is 2.52. The van der Waals surface area contributed by atoms with Crippen LogP contribution in [0.4, 0.5) is 0 Å². The average Bonchev–Trinajstić information content (AvgIpc) is 2.27. The number of rotatable bonds is 2. The first-order chi connectivity index (χ1) is 7.20. The summed E-state index contributed by atoms with van der Waals surface area (Å²) < 4.78 is 10.6. The van der Waals surface area contributed by atoms with Crippen LogP contribution in [0.5, 0.6) is 5.75 Å². The summed E-state index contributed by atoms with van der Waals surface area (Å²) in [6, 6.07) is 4.93. The maximum atomic E-state index is 10.7. The lowest BCUT2D eigenvalue weighted by atomic mass is 10.0. The van der Waals surface area contributed by atoms with Crippen molar-refractivity contribution in [3.05, 3.63) is 29.3 Å². The molecule has 1 aromatic carbocycles. The molecule has 1 aliphatic rings. The van der Waals surface area contributed by atoms with Gasteiger partial charge in [0.25, 0.3) is 0 Å². The lowest BCUT2D eigenvalue weighted by molar-refractivity contribution is 0.0466. The Labute approximate surface area is 87.4 Å². The zero-order chi connectivity index (χ0) is 10.8. The minimum atomic E-state index is -0.935. The minimum Gasteiger partial charge on any atom is -0.491 e. The number of fused-ring (bicyclic) bond motifs is 1. The van der Waals surface area contributed by atoms with E-state index in [1.54, 1.807) is 25.3 Å². The van der Waals surface area contributed by atoms with Gasteiger partial charge in [0.1, 0.15) is 12.4 Å². The maximum absolute atomic E-state index is 10.7. The summed E-state index contributed by atoms with van der Waals surface area (Å²) in [5.41, 5.74) is 1.25. The summed E-state index contributed by atoms with van der Waals surface area (Å²) in [7, 11) is 1.64. The van der Waals surface area contributed by atoms with Gasteiger partial charge in [-0.15, -0.1) is 0 Å². The number of ether oxygens (including phenoxy) is 2. The molecule has 1 heterocycles. The van der Waals surface area contributed by atoms with E-state index in [2.05, 4.69) is 0 Å². The van der Waals surface area contributed by atoms with Gasteiger partial charge in [0.2, 0.25) is 0 Å². The van der Waals surface area contributed by atoms with Gasteiger partial charge in [0, 0.05) is 13.5 Å². The van der Waals surface area contributed by atoms with E-state index in [1.165, 1.54) is 0 Å². The van der Waals surface area contributed by atoms with Crippen LogP contribution in [0.3, 0.4) is 0 Å². The lowest BCUT2D eigenvalue weighted by Crippen LogP contribution is -2.27. The second kappa shape index (κ2) is 3.90. The zero-order valence-electron chi connectivity index (χ0n) is 8.40. The molecule has 80 valence electrons.